The summed E-state index contributed by atoms with van der Waals surface area (Å²) < 4.78 is 35.5. The van der Waals surface area contributed by atoms with Crippen molar-refractivity contribution in [2.24, 2.45) is 17.8 Å². The lowest BCUT2D eigenvalue weighted by atomic mass is 9.63. The van der Waals surface area contributed by atoms with Crippen molar-refractivity contribution >= 4 is 10.8 Å². The van der Waals surface area contributed by atoms with Gasteiger partial charge in [0.15, 0.2) is 11.6 Å². The Kier molecular flexibility index (Phi) is 8.44. The summed E-state index contributed by atoms with van der Waals surface area (Å²) in [6, 6.07) is 7.03. The van der Waals surface area contributed by atoms with Gasteiger partial charge in [-0.15, -0.1) is 0 Å². The fourth-order valence-corrected chi connectivity index (χ4v) is 6.37. The largest absolute Gasteiger partial charge is 0.486 e. The molecule has 33 heavy (non-hydrogen) atoms. The van der Waals surface area contributed by atoms with E-state index in [1.165, 1.54) is 57.8 Å². The highest BCUT2D eigenvalue weighted by molar-refractivity contribution is 5.86. The van der Waals surface area contributed by atoms with Crippen molar-refractivity contribution in [3.8, 4) is 5.75 Å². The van der Waals surface area contributed by atoms with Gasteiger partial charge in [-0.25, -0.2) is 8.78 Å². The number of unbranched alkanes of at least 4 members (excludes halogenated alkanes) is 3. The molecule has 0 bridgehead atoms. The van der Waals surface area contributed by atoms with Gasteiger partial charge in [-0.05, 0) is 85.8 Å². The molecule has 2 fully saturated rings. The Morgan fingerprint density at radius 3 is 2.61 bits per heavy atom. The highest BCUT2D eigenvalue weighted by Crippen LogP contribution is 2.49. The summed E-state index contributed by atoms with van der Waals surface area (Å²) in [6.07, 6.45) is 18.2. The molecule has 2 aromatic rings. The number of benzene rings is 2. The maximum Gasteiger partial charge on any atom is 0.175 e. The quantitative estimate of drug-likeness (QED) is 0.271. The van der Waals surface area contributed by atoms with E-state index in [0.29, 0.717) is 11.3 Å². The van der Waals surface area contributed by atoms with E-state index in [4.69, 9.17) is 4.74 Å². The van der Waals surface area contributed by atoms with Crippen LogP contribution in [0.3, 0.4) is 0 Å². The number of hydrogen-bond acceptors (Lipinski definition) is 1. The molecule has 0 saturated heterocycles. The molecule has 0 N–H and O–H groups in total. The fourth-order valence-electron chi connectivity index (χ4n) is 6.37. The minimum atomic E-state index is -0.595. The maximum atomic E-state index is 15.1. The molecule has 2 saturated carbocycles. The summed E-state index contributed by atoms with van der Waals surface area (Å²) in [6.45, 7) is 4.44. The molecule has 0 aliphatic heterocycles. The van der Waals surface area contributed by atoms with Crippen LogP contribution in [-0.4, -0.2) is 6.61 Å². The van der Waals surface area contributed by atoms with E-state index in [-0.39, 0.29) is 17.7 Å². The van der Waals surface area contributed by atoms with E-state index < -0.39 is 11.6 Å². The van der Waals surface area contributed by atoms with Crippen molar-refractivity contribution in [1.29, 1.82) is 0 Å². The Labute approximate surface area is 198 Å². The topological polar surface area (TPSA) is 9.23 Å². The van der Waals surface area contributed by atoms with Crippen LogP contribution in [0.2, 0.25) is 0 Å². The first-order valence-corrected chi connectivity index (χ1v) is 13.3. The Hall–Kier alpha value is -1.90. The molecule has 2 aliphatic rings. The first-order valence-electron chi connectivity index (χ1n) is 13.3. The Morgan fingerprint density at radius 2 is 1.79 bits per heavy atom. The van der Waals surface area contributed by atoms with Gasteiger partial charge in [0.1, 0.15) is 12.4 Å². The summed E-state index contributed by atoms with van der Waals surface area (Å²) in [5, 5.41) is 0.688. The predicted octanol–water partition coefficient (Wildman–Crippen LogP) is 9.34. The van der Waals surface area contributed by atoms with Crippen LogP contribution in [0.5, 0.6) is 5.75 Å². The van der Waals surface area contributed by atoms with Crippen LogP contribution in [0, 0.1) is 29.4 Å². The smallest absolute Gasteiger partial charge is 0.175 e. The third-order valence-electron chi connectivity index (χ3n) is 8.22. The summed E-state index contributed by atoms with van der Waals surface area (Å²) >= 11 is 0. The van der Waals surface area contributed by atoms with Crippen LogP contribution in [-0.2, 0) is 0 Å². The molecule has 1 nitrogen and oxygen atoms in total. The zero-order chi connectivity index (χ0) is 23.2. The first kappa shape index (κ1) is 24.2. The van der Waals surface area contributed by atoms with Gasteiger partial charge in [-0.1, -0.05) is 69.7 Å². The minimum Gasteiger partial charge on any atom is -0.486 e. The summed E-state index contributed by atoms with van der Waals surface area (Å²) in [5.41, 5.74) is 1.04. The van der Waals surface area contributed by atoms with Crippen LogP contribution in [0.15, 0.2) is 36.4 Å². The van der Waals surface area contributed by atoms with Gasteiger partial charge in [-0.2, -0.15) is 0 Å². The Balaban J connectivity index is 1.41. The van der Waals surface area contributed by atoms with E-state index in [0.717, 1.165) is 36.2 Å². The zero-order valence-corrected chi connectivity index (χ0v) is 20.4. The molecule has 0 aromatic heterocycles. The standard InChI is InChI=1S/C30H40F2O/c1-3-5-7-8-9-21-10-11-23-18-24(13-12-22(23)17-21)26-19-25-14-15-28(33-16-6-4-2)30(32)29(25)27(31)20-26/h4,6,14-15,19-24H,3,5,7-13,16-18H2,1-2H3/b6-4+/t21?,22-,23?,24-/m1/s1. The van der Waals surface area contributed by atoms with Gasteiger partial charge in [0, 0.05) is 0 Å². The zero-order valence-electron chi connectivity index (χ0n) is 20.4. The molecule has 0 heterocycles. The van der Waals surface area contributed by atoms with Crippen molar-refractivity contribution in [3.63, 3.8) is 0 Å². The highest BCUT2D eigenvalue weighted by Gasteiger charge is 2.36. The fraction of sp³-hybridized carbons (Fsp3) is 0.600. The monoisotopic (exact) mass is 454 g/mol. The number of allylic oxidation sites excluding steroid dienone is 1. The molecular formula is C30H40F2O. The maximum absolute atomic E-state index is 15.1. The molecule has 180 valence electrons. The molecule has 0 radical (unpaired) electrons. The lowest BCUT2D eigenvalue weighted by Crippen LogP contribution is -2.30. The molecule has 4 rings (SSSR count). The van der Waals surface area contributed by atoms with E-state index in [9.17, 15) is 4.39 Å². The summed E-state index contributed by atoms with van der Waals surface area (Å²) in [5.74, 6) is 1.99. The van der Waals surface area contributed by atoms with Gasteiger partial charge in [-0.3, -0.25) is 0 Å². The van der Waals surface area contributed by atoms with Gasteiger partial charge < -0.3 is 4.74 Å². The van der Waals surface area contributed by atoms with Crippen LogP contribution in [0.25, 0.3) is 10.8 Å². The average Bonchev–Trinajstić information content (AvgIpc) is 2.82. The molecule has 2 aliphatic carbocycles. The van der Waals surface area contributed by atoms with Gasteiger partial charge >= 0.3 is 0 Å². The molecular weight excluding hydrogens is 414 g/mol. The van der Waals surface area contributed by atoms with Crippen molar-refractivity contribution in [2.75, 3.05) is 6.61 Å². The predicted molar refractivity (Wildman–Crippen MR) is 134 cm³/mol. The lowest BCUT2D eigenvalue weighted by molar-refractivity contribution is 0.113. The summed E-state index contributed by atoms with van der Waals surface area (Å²) in [7, 11) is 0. The van der Waals surface area contributed by atoms with E-state index in [2.05, 4.69) is 6.92 Å². The number of rotatable bonds is 9. The second kappa shape index (κ2) is 11.5. The number of fused-ring (bicyclic) bond motifs is 2. The third-order valence-corrected chi connectivity index (χ3v) is 8.22. The number of ether oxygens (including phenoxy) is 1. The first-order chi connectivity index (χ1) is 16.1. The number of halogens is 2. The van der Waals surface area contributed by atoms with Gasteiger partial charge in [0.25, 0.3) is 0 Å². The average molecular weight is 455 g/mol. The van der Waals surface area contributed by atoms with Crippen molar-refractivity contribution in [1.82, 2.24) is 0 Å². The van der Waals surface area contributed by atoms with Crippen LogP contribution in [0.1, 0.15) is 96.0 Å². The minimum absolute atomic E-state index is 0.0500. The van der Waals surface area contributed by atoms with Crippen LogP contribution in [0.4, 0.5) is 8.78 Å². The second-order valence-electron chi connectivity index (χ2n) is 10.4. The summed E-state index contributed by atoms with van der Waals surface area (Å²) in [4.78, 5) is 0. The van der Waals surface area contributed by atoms with E-state index in [1.807, 2.05) is 19.1 Å². The molecule has 0 amide bonds. The van der Waals surface area contributed by atoms with E-state index >= 15 is 4.39 Å². The second-order valence-corrected chi connectivity index (χ2v) is 10.4. The Bertz CT molecular complexity index is 950. The van der Waals surface area contributed by atoms with Crippen molar-refractivity contribution in [3.05, 3.63) is 53.6 Å². The molecule has 4 atom stereocenters. The van der Waals surface area contributed by atoms with Gasteiger partial charge in [0.05, 0.1) is 5.39 Å². The highest BCUT2D eigenvalue weighted by atomic mass is 19.1. The lowest BCUT2D eigenvalue weighted by Gasteiger charge is -2.42. The third kappa shape index (κ3) is 5.78. The molecule has 2 aromatic carbocycles. The normalized spacial score (nSPS) is 25.5. The molecule has 3 heteroatoms. The van der Waals surface area contributed by atoms with Crippen LogP contribution >= 0.6 is 0 Å². The van der Waals surface area contributed by atoms with Crippen LogP contribution < -0.4 is 4.74 Å². The number of hydrogen-bond donors (Lipinski definition) is 0. The molecule has 2 unspecified atom stereocenters. The Morgan fingerprint density at radius 1 is 0.970 bits per heavy atom. The van der Waals surface area contributed by atoms with E-state index in [1.54, 1.807) is 24.3 Å². The SMILES string of the molecule is C/C=C/COc1ccc2cc([C@@H]3CC[C@@H]4CC(CCCCCC)CCC4C3)cc(F)c2c1F. The molecule has 0 spiro atoms. The van der Waals surface area contributed by atoms with Crippen molar-refractivity contribution in [2.45, 2.75) is 90.4 Å². The van der Waals surface area contributed by atoms with Crippen molar-refractivity contribution < 1.29 is 13.5 Å². The van der Waals surface area contributed by atoms with Gasteiger partial charge in [0.2, 0.25) is 0 Å².